The van der Waals surface area contributed by atoms with Crippen molar-refractivity contribution in [3.05, 3.63) is 24.3 Å². The van der Waals surface area contributed by atoms with Crippen molar-refractivity contribution < 1.29 is 4.79 Å². The molecular weight excluding hydrogens is 264 g/mol. The molecule has 3 aliphatic rings. The maximum Gasteiger partial charge on any atom is 0.226 e. The molecule has 0 aromatic carbocycles. The van der Waals surface area contributed by atoms with Gasteiger partial charge in [0.2, 0.25) is 5.91 Å². The van der Waals surface area contributed by atoms with Crippen molar-refractivity contribution >= 4 is 5.91 Å². The van der Waals surface area contributed by atoms with E-state index in [2.05, 4.69) is 27.2 Å². The van der Waals surface area contributed by atoms with E-state index in [0.717, 1.165) is 31.8 Å². The van der Waals surface area contributed by atoms with Crippen molar-refractivity contribution in [1.82, 2.24) is 19.7 Å². The molecule has 1 aliphatic heterocycles. The number of carbonyl (C=O) groups excluding carboxylic acids is 1. The Hall–Kier alpha value is -1.65. The van der Waals surface area contributed by atoms with Crippen molar-refractivity contribution in [1.29, 1.82) is 0 Å². The van der Waals surface area contributed by atoms with Crippen LogP contribution in [0.3, 0.4) is 0 Å². The highest BCUT2D eigenvalue weighted by atomic mass is 16.2. The molecule has 1 aromatic heterocycles. The van der Waals surface area contributed by atoms with E-state index in [1.54, 1.807) is 6.33 Å². The van der Waals surface area contributed by atoms with Gasteiger partial charge in [0.05, 0.1) is 0 Å². The van der Waals surface area contributed by atoms with E-state index >= 15 is 0 Å². The summed E-state index contributed by atoms with van der Waals surface area (Å²) in [5, 5.41) is 8.37. The molecule has 0 N–H and O–H groups in total. The Morgan fingerprint density at radius 2 is 2.10 bits per heavy atom. The summed E-state index contributed by atoms with van der Waals surface area (Å²) >= 11 is 0. The maximum absolute atomic E-state index is 12.7. The Morgan fingerprint density at radius 1 is 1.33 bits per heavy atom. The third kappa shape index (κ3) is 1.93. The minimum Gasteiger partial charge on any atom is -0.341 e. The molecule has 4 rings (SSSR count). The van der Waals surface area contributed by atoms with Crippen molar-refractivity contribution in [2.24, 2.45) is 18.4 Å². The largest absolute Gasteiger partial charge is 0.341 e. The Balaban J connectivity index is 1.57. The molecular formula is C16H22N4O. The zero-order valence-corrected chi connectivity index (χ0v) is 12.5. The summed E-state index contributed by atoms with van der Waals surface area (Å²) in [6.45, 7) is 1.74. The van der Waals surface area contributed by atoms with E-state index in [-0.39, 0.29) is 11.3 Å². The lowest BCUT2D eigenvalue weighted by molar-refractivity contribution is -0.134. The van der Waals surface area contributed by atoms with Crippen LogP contribution in [0.1, 0.15) is 43.8 Å². The van der Waals surface area contributed by atoms with Gasteiger partial charge in [-0.2, -0.15) is 0 Å². The zero-order chi connectivity index (χ0) is 14.4. The number of aromatic nitrogens is 3. The van der Waals surface area contributed by atoms with Gasteiger partial charge in [-0.25, -0.2) is 0 Å². The van der Waals surface area contributed by atoms with Gasteiger partial charge >= 0.3 is 0 Å². The normalized spacial score (nSPS) is 27.5. The first-order chi connectivity index (χ1) is 10.2. The van der Waals surface area contributed by atoms with Crippen LogP contribution in [0.15, 0.2) is 18.5 Å². The van der Waals surface area contributed by atoms with Crippen molar-refractivity contribution in [3.63, 3.8) is 0 Å². The number of aryl methyl sites for hydroxylation is 1. The number of hydrogen-bond donors (Lipinski definition) is 0. The third-order valence-corrected chi connectivity index (χ3v) is 5.72. The van der Waals surface area contributed by atoms with Gasteiger partial charge in [-0.15, -0.1) is 10.2 Å². The fourth-order valence-corrected chi connectivity index (χ4v) is 4.31. The third-order valence-electron chi connectivity index (χ3n) is 5.72. The van der Waals surface area contributed by atoms with Crippen LogP contribution in [0, 0.1) is 11.3 Å². The van der Waals surface area contributed by atoms with Crippen LogP contribution < -0.4 is 0 Å². The number of likely N-dealkylation sites (tertiary alicyclic amines) is 1. The minimum atomic E-state index is 0.181. The molecule has 1 unspecified atom stereocenters. The number of carbonyl (C=O) groups is 1. The maximum atomic E-state index is 12.7. The second-order valence-corrected chi connectivity index (χ2v) is 6.93. The summed E-state index contributed by atoms with van der Waals surface area (Å²) in [7, 11) is 2.01. The standard InChI is InChI=1S/C16H22N4O/c1-19-11-17-18-14(19)13-9-20(10-16(13)7-4-8-16)15(21)12-5-2-3-6-12/h2-3,11-13H,4-10H2,1H3. The quantitative estimate of drug-likeness (QED) is 0.780. The van der Waals surface area contributed by atoms with Crippen molar-refractivity contribution in [2.75, 3.05) is 13.1 Å². The fourth-order valence-electron chi connectivity index (χ4n) is 4.31. The smallest absolute Gasteiger partial charge is 0.226 e. The van der Waals surface area contributed by atoms with Crippen LogP contribution in [0.2, 0.25) is 0 Å². The molecule has 2 fully saturated rings. The summed E-state index contributed by atoms with van der Waals surface area (Å²) in [6.07, 6.45) is 11.6. The number of amides is 1. The van der Waals surface area contributed by atoms with Gasteiger partial charge in [0.25, 0.3) is 0 Å². The Labute approximate surface area is 125 Å². The zero-order valence-electron chi connectivity index (χ0n) is 12.5. The lowest BCUT2D eigenvalue weighted by Crippen LogP contribution is -2.39. The van der Waals surface area contributed by atoms with Crippen LogP contribution in [0.25, 0.3) is 0 Å². The molecule has 2 heterocycles. The van der Waals surface area contributed by atoms with Crippen molar-refractivity contribution in [3.8, 4) is 0 Å². The summed E-state index contributed by atoms with van der Waals surface area (Å²) in [6, 6.07) is 0. The van der Waals surface area contributed by atoms with Crippen LogP contribution in [-0.2, 0) is 11.8 Å². The minimum absolute atomic E-state index is 0.181. The topological polar surface area (TPSA) is 51.0 Å². The second-order valence-electron chi connectivity index (χ2n) is 6.93. The average Bonchev–Trinajstić information content (AvgIpc) is 3.15. The molecule has 1 amide bonds. The molecule has 1 saturated heterocycles. The summed E-state index contributed by atoms with van der Waals surface area (Å²) in [5.74, 6) is 1.93. The first-order valence-corrected chi connectivity index (χ1v) is 7.97. The molecule has 1 aromatic rings. The van der Waals surface area contributed by atoms with E-state index in [4.69, 9.17) is 0 Å². The van der Waals surface area contributed by atoms with Gasteiger partial charge in [-0.1, -0.05) is 18.6 Å². The molecule has 1 spiro atoms. The average molecular weight is 286 g/mol. The summed E-state index contributed by atoms with van der Waals surface area (Å²) in [4.78, 5) is 14.8. The molecule has 2 aliphatic carbocycles. The van der Waals surface area contributed by atoms with E-state index in [0.29, 0.717) is 11.8 Å². The molecule has 21 heavy (non-hydrogen) atoms. The van der Waals surface area contributed by atoms with Gasteiger partial charge < -0.3 is 9.47 Å². The lowest BCUT2D eigenvalue weighted by Gasteiger charge is -2.42. The highest BCUT2D eigenvalue weighted by Gasteiger charge is 2.53. The van der Waals surface area contributed by atoms with Crippen LogP contribution in [0.4, 0.5) is 0 Å². The summed E-state index contributed by atoms with van der Waals surface area (Å²) in [5.41, 5.74) is 0.266. The second kappa shape index (κ2) is 4.68. The van der Waals surface area contributed by atoms with Gasteiger partial charge in [-0.3, -0.25) is 4.79 Å². The molecule has 1 atom stereocenters. The Kier molecular flexibility index (Phi) is 2.91. The molecule has 1 saturated carbocycles. The Bertz CT molecular complexity index is 579. The monoisotopic (exact) mass is 286 g/mol. The van der Waals surface area contributed by atoms with Gasteiger partial charge in [-0.05, 0) is 31.1 Å². The predicted octanol–water partition coefficient (Wildman–Crippen LogP) is 1.88. The van der Waals surface area contributed by atoms with Gasteiger partial charge in [0.1, 0.15) is 12.2 Å². The first-order valence-electron chi connectivity index (χ1n) is 7.97. The number of hydrogen-bond acceptors (Lipinski definition) is 3. The number of allylic oxidation sites excluding steroid dienone is 2. The summed E-state index contributed by atoms with van der Waals surface area (Å²) < 4.78 is 2.02. The molecule has 5 heteroatoms. The van der Waals surface area contributed by atoms with E-state index in [9.17, 15) is 4.79 Å². The highest BCUT2D eigenvalue weighted by molar-refractivity contribution is 5.80. The van der Waals surface area contributed by atoms with E-state index < -0.39 is 0 Å². The highest BCUT2D eigenvalue weighted by Crippen LogP contribution is 2.55. The number of nitrogens with zero attached hydrogens (tertiary/aromatic N) is 4. The SMILES string of the molecule is Cn1cnnc1C1CN(C(=O)C2CC=CC2)CC12CCC2. The van der Waals surface area contributed by atoms with Crippen LogP contribution in [0.5, 0.6) is 0 Å². The first kappa shape index (κ1) is 13.0. The fraction of sp³-hybridized carbons (Fsp3) is 0.688. The molecule has 112 valence electrons. The van der Waals surface area contributed by atoms with E-state index in [1.807, 2.05) is 11.6 Å². The molecule has 0 bridgehead atoms. The predicted molar refractivity (Wildman–Crippen MR) is 78.5 cm³/mol. The molecule has 0 radical (unpaired) electrons. The lowest BCUT2D eigenvalue weighted by atomic mass is 9.62. The molecule has 5 nitrogen and oxygen atoms in total. The van der Waals surface area contributed by atoms with Crippen molar-refractivity contribution in [2.45, 2.75) is 38.0 Å². The van der Waals surface area contributed by atoms with Gasteiger partial charge in [0.15, 0.2) is 0 Å². The van der Waals surface area contributed by atoms with Crippen LogP contribution >= 0.6 is 0 Å². The van der Waals surface area contributed by atoms with Gasteiger partial charge in [0, 0.05) is 32.0 Å². The Morgan fingerprint density at radius 3 is 2.67 bits per heavy atom. The number of rotatable bonds is 2. The van der Waals surface area contributed by atoms with Crippen LogP contribution in [-0.4, -0.2) is 38.7 Å². The van der Waals surface area contributed by atoms with E-state index in [1.165, 1.54) is 19.3 Å².